The van der Waals surface area contributed by atoms with Gasteiger partial charge in [0, 0.05) is 26.3 Å². The van der Waals surface area contributed by atoms with Gasteiger partial charge in [-0.2, -0.15) is 5.10 Å². The molecule has 1 aliphatic rings. The molecular formula is C15H25N7O2S. The summed E-state index contributed by atoms with van der Waals surface area (Å²) in [6.45, 7) is 5.27. The summed E-state index contributed by atoms with van der Waals surface area (Å²) in [6, 6.07) is 0. The second kappa shape index (κ2) is 9.52. The molecule has 1 aliphatic heterocycles. The van der Waals surface area contributed by atoms with E-state index < -0.39 is 5.97 Å². The maximum absolute atomic E-state index is 9.00. The van der Waals surface area contributed by atoms with Gasteiger partial charge >= 0.3 is 0 Å². The van der Waals surface area contributed by atoms with E-state index >= 15 is 0 Å². The zero-order valence-electron chi connectivity index (χ0n) is 14.8. The normalized spacial score (nSPS) is 14.8. The average molecular weight is 367 g/mol. The quantitative estimate of drug-likeness (QED) is 0.677. The average Bonchev–Trinajstić information content (AvgIpc) is 3.20. The van der Waals surface area contributed by atoms with Gasteiger partial charge in [0.05, 0.1) is 5.75 Å². The van der Waals surface area contributed by atoms with Gasteiger partial charge in [0.25, 0.3) is 5.97 Å². The van der Waals surface area contributed by atoms with Crippen LogP contribution in [0.25, 0.3) is 0 Å². The Kier molecular flexibility index (Phi) is 7.38. The Morgan fingerprint density at radius 3 is 2.64 bits per heavy atom. The van der Waals surface area contributed by atoms with Crippen molar-refractivity contribution >= 4 is 17.7 Å². The number of rotatable bonds is 5. The Morgan fingerprint density at radius 1 is 1.36 bits per heavy atom. The first-order valence-corrected chi connectivity index (χ1v) is 9.32. The van der Waals surface area contributed by atoms with E-state index in [9.17, 15) is 0 Å². The van der Waals surface area contributed by atoms with Crippen LogP contribution in [0.5, 0.6) is 0 Å². The van der Waals surface area contributed by atoms with Crippen molar-refractivity contribution in [3.05, 3.63) is 17.5 Å². The summed E-state index contributed by atoms with van der Waals surface area (Å²) in [5.74, 6) is 3.29. The van der Waals surface area contributed by atoms with Gasteiger partial charge in [-0.25, -0.2) is 4.98 Å². The molecule has 3 heterocycles. The summed E-state index contributed by atoms with van der Waals surface area (Å²) >= 11 is 1.65. The van der Waals surface area contributed by atoms with Crippen molar-refractivity contribution in [1.82, 2.24) is 35.3 Å². The fourth-order valence-electron chi connectivity index (χ4n) is 2.58. The molecule has 2 aromatic heterocycles. The second-order valence-corrected chi connectivity index (χ2v) is 6.73. The number of thioether (sulfide) groups is 1. The molecule has 0 bridgehead atoms. The molecule has 1 saturated heterocycles. The smallest absolute Gasteiger partial charge is 0.300 e. The lowest BCUT2D eigenvalue weighted by atomic mass is 9.97. The van der Waals surface area contributed by atoms with E-state index in [1.807, 2.05) is 6.92 Å². The van der Waals surface area contributed by atoms with Crippen LogP contribution in [0.2, 0.25) is 0 Å². The van der Waals surface area contributed by atoms with Crippen LogP contribution < -0.4 is 5.32 Å². The molecule has 138 valence electrons. The van der Waals surface area contributed by atoms with E-state index in [0.717, 1.165) is 67.7 Å². The van der Waals surface area contributed by atoms with Gasteiger partial charge in [0.1, 0.15) is 17.5 Å². The van der Waals surface area contributed by atoms with Gasteiger partial charge in [-0.1, -0.05) is 18.7 Å². The molecule has 0 aliphatic carbocycles. The number of piperidine rings is 1. The number of carbonyl (C=O) groups is 1. The third-order valence-corrected chi connectivity index (χ3v) is 4.84. The molecule has 0 radical (unpaired) electrons. The van der Waals surface area contributed by atoms with Crippen molar-refractivity contribution < 1.29 is 9.90 Å². The SMILES string of the molecule is CC(=O)O.CCc1n[nH]c(CSc2nnc(C3CCNCC3)n2C)n1. The highest BCUT2D eigenvalue weighted by Gasteiger charge is 2.21. The van der Waals surface area contributed by atoms with E-state index in [4.69, 9.17) is 9.90 Å². The highest BCUT2D eigenvalue weighted by molar-refractivity contribution is 7.98. The first-order valence-electron chi connectivity index (χ1n) is 8.33. The summed E-state index contributed by atoms with van der Waals surface area (Å²) in [6.07, 6.45) is 3.13. The van der Waals surface area contributed by atoms with Crippen molar-refractivity contribution in [3.8, 4) is 0 Å². The molecule has 2 aromatic rings. The summed E-state index contributed by atoms with van der Waals surface area (Å²) in [4.78, 5) is 13.4. The molecule has 3 N–H and O–H groups in total. The molecule has 0 aromatic carbocycles. The lowest BCUT2D eigenvalue weighted by molar-refractivity contribution is -0.134. The molecule has 0 saturated carbocycles. The fraction of sp³-hybridized carbons (Fsp3) is 0.667. The van der Waals surface area contributed by atoms with Gasteiger partial charge in [-0.3, -0.25) is 9.89 Å². The van der Waals surface area contributed by atoms with Crippen LogP contribution in [-0.2, 0) is 24.0 Å². The zero-order valence-corrected chi connectivity index (χ0v) is 15.6. The predicted molar refractivity (Wildman–Crippen MR) is 94.5 cm³/mol. The van der Waals surface area contributed by atoms with Crippen LogP contribution in [-0.4, -0.2) is 54.1 Å². The van der Waals surface area contributed by atoms with E-state index in [0.29, 0.717) is 5.92 Å². The van der Waals surface area contributed by atoms with E-state index in [1.54, 1.807) is 11.8 Å². The molecular weight excluding hydrogens is 342 g/mol. The van der Waals surface area contributed by atoms with Crippen molar-refractivity contribution in [2.24, 2.45) is 7.05 Å². The zero-order chi connectivity index (χ0) is 18.2. The lowest BCUT2D eigenvalue weighted by Gasteiger charge is -2.21. The second-order valence-electron chi connectivity index (χ2n) is 5.78. The Balaban J connectivity index is 0.000000511. The van der Waals surface area contributed by atoms with Crippen LogP contribution in [0.3, 0.4) is 0 Å². The van der Waals surface area contributed by atoms with Gasteiger partial charge in [0.15, 0.2) is 5.16 Å². The Morgan fingerprint density at radius 2 is 2.04 bits per heavy atom. The summed E-state index contributed by atoms with van der Waals surface area (Å²) in [5, 5.41) is 27.6. The largest absolute Gasteiger partial charge is 0.481 e. The number of aromatic amines is 1. The number of nitrogens with zero attached hydrogens (tertiary/aromatic N) is 5. The van der Waals surface area contributed by atoms with E-state index in [1.165, 1.54) is 0 Å². The number of hydrogen-bond donors (Lipinski definition) is 3. The number of nitrogens with one attached hydrogen (secondary N) is 2. The number of aryl methyl sites for hydroxylation is 1. The summed E-state index contributed by atoms with van der Waals surface area (Å²) < 4.78 is 2.12. The van der Waals surface area contributed by atoms with Crippen LogP contribution in [0, 0.1) is 0 Å². The summed E-state index contributed by atoms with van der Waals surface area (Å²) in [5.41, 5.74) is 0. The molecule has 0 spiro atoms. The monoisotopic (exact) mass is 367 g/mol. The topological polar surface area (TPSA) is 122 Å². The number of carboxylic acid groups (broad SMARTS) is 1. The first kappa shape index (κ1) is 19.4. The van der Waals surface area contributed by atoms with Crippen LogP contribution in [0.4, 0.5) is 0 Å². The molecule has 9 nitrogen and oxygen atoms in total. The predicted octanol–water partition coefficient (Wildman–Crippen LogP) is 1.35. The standard InChI is InChI=1S/C13H21N7S.C2H4O2/c1-3-10-15-11(17-16-10)8-21-13-19-18-12(20(13)2)9-4-6-14-7-5-9;1-2(3)4/h9,14H,3-8H2,1-2H3,(H,15,16,17);1H3,(H,3,4). The van der Waals surface area contributed by atoms with E-state index in [2.05, 4.69) is 42.3 Å². The maximum Gasteiger partial charge on any atom is 0.300 e. The molecule has 3 rings (SSSR count). The molecule has 25 heavy (non-hydrogen) atoms. The van der Waals surface area contributed by atoms with Gasteiger partial charge in [-0.15, -0.1) is 10.2 Å². The van der Waals surface area contributed by atoms with Crippen molar-refractivity contribution in [3.63, 3.8) is 0 Å². The van der Waals surface area contributed by atoms with Crippen molar-refractivity contribution in [1.29, 1.82) is 0 Å². The number of aromatic nitrogens is 6. The minimum Gasteiger partial charge on any atom is -0.481 e. The minimum absolute atomic E-state index is 0.523. The number of hydrogen-bond acceptors (Lipinski definition) is 7. The number of carboxylic acids is 1. The maximum atomic E-state index is 9.00. The summed E-state index contributed by atoms with van der Waals surface area (Å²) in [7, 11) is 2.05. The van der Waals surface area contributed by atoms with Crippen LogP contribution >= 0.6 is 11.8 Å². The highest BCUT2D eigenvalue weighted by atomic mass is 32.2. The van der Waals surface area contributed by atoms with Crippen LogP contribution in [0.15, 0.2) is 5.16 Å². The Bertz CT molecular complexity index is 675. The molecule has 1 fully saturated rings. The molecule has 0 atom stereocenters. The molecule has 10 heteroatoms. The molecule has 0 unspecified atom stereocenters. The highest BCUT2D eigenvalue weighted by Crippen LogP contribution is 2.27. The molecule has 0 amide bonds. The minimum atomic E-state index is -0.833. The van der Waals surface area contributed by atoms with Gasteiger partial charge in [0.2, 0.25) is 0 Å². The Hall–Kier alpha value is -1.94. The first-order chi connectivity index (χ1) is 12.0. The number of aliphatic carboxylic acids is 1. The van der Waals surface area contributed by atoms with Gasteiger partial charge in [-0.05, 0) is 25.9 Å². The van der Waals surface area contributed by atoms with Crippen LogP contribution in [0.1, 0.15) is 50.1 Å². The third-order valence-electron chi connectivity index (χ3n) is 3.81. The third kappa shape index (κ3) is 5.82. The lowest BCUT2D eigenvalue weighted by Crippen LogP contribution is -2.27. The van der Waals surface area contributed by atoms with E-state index in [-0.39, 0.29) is 0 Å². The number of H-pyrrole nitrogens is 1. The van der Waals surface area contributed by atoms with Crippen molar-refractivity contribution in [2.75, 3.05) is 13.1 Å². The van der Waals surface area contributed by atoms with Crippen molar-refractivity contribution in [2.45, 2.75) is 49.9 Å². The Labute approximate surface area is 151 Å². The van der Waals surface area contributed by atoms with Gasteiger partial charge < -0.3 is 15.0 Å². The fourth-order valence-corrected chi connectivity index (χ4v) is 3.36.